The molecule has 0 saturated carbocycles. The number of nitrogens with zero attached hydrogens (tertiary/aromatic N) is 2. The summed E-state index contributed by atoms with van der Waals surface area (Å²) in [6.45, 7) is 10.6. The van der Waals surface area contributed by atoms with Crippen LogP contribution in [0.1, 0.15) is 52.9 Å². The maximum atomic E-state index is 12.1. The van der Waals surface area contributed by atoms with Crippen LogP contribution in [0.2, 0.25) is 0 Å². The van der Waals surface area contributed by atoms with E-state index in [1.165, 1.54) is 25.9 Å². The number of ether oxygens (including phenoxy) is 2. The van der Waals surface area contributed by atoms with Gasteiger partial charge >= 0.3 is 6.09 Å². The normalized spacial score (nSPS) is 29.2. The molecule has 126 valence electrons. The molecule has 3 fully saturated rings. The van der Waals surface area contributed by atoms with E-state index in [2.05, 4.69) is 4.90 Å². The van der Waals surface area contributed by atoms with Crippen LogP contribution in [0.3, 0.4) is 0 Å². The topological polar surface area (TPSA) is 42.0 Å². The standard InChI is InChI=1S/C17H30N2O3/c1-16(2,3)22-15(20)19-10-6-17(7-11-19)12-14(13-21-17)18-8-4-5-9-18/h14H,4-13H2,1-3H3/t14-/m1/s1. The van der Waals surface area contributed by atoms with Gasteiger partial charge in [0.15, 0.2) is 0 Å². The molecule has 0 aromatic heterocycles. The van der Waals surface area contributed by atoms with Gasteiger partial charge in [-0.1, -0.05) is 0 Å². The molecule has 0 aromatic rings. The monoisotopic (exact) mass is 310 g/mol. The summed E-state index contributed by atoms with van der Waals surface area (Å²) >= 11 is 0. The maximum Gasteiger partial charge on any atom is 0.410 e. The molecule has 0 aromatic carbocycles. The minimum atomic E-state index is -0.420. The molecule has 1 atom stereocenters. The molecule has 3 aliphatic heterocycles. The lowest BCUT2D eigenvalue weighted by atomic mass is 9.87. The van der Waals surface area contributed by atoms with Gasteiger partial charge in [0.1, 0.15) is 5.60 Å². The van der Waals surface area contributed by atoms with Gasteiger partial charge in [0.05, 0.1) is 12.2 Å². The molecule has 3 rings (SSSR count). The van der Waals surface area contributed by atoms with E-state index < -0.39 is 5.60 Å². The highest BCUT2D eigenvalue weighted by molar-refractivity contribution is 5.68. The van der Waals surface area contributed by atoms with E-state index in [9.17, 15) is 4.79 Å². The minimum absolute atomic E-state index is 0.00572. The van der Waals surface area contributed by atoms with Crippen LogP contribution < -0.4 is 0 Å². The molecule has 22 heavy (non-hydrogen) atoms. The number of rotatable bonds is 1. The Balaban J connectivity index is 1.50. The average Bonchev–Trinajstić information content (AvgIpc) is 3.07. The van der Waals surface area contributed by atoms with Gasteiger partial charge in [0.2, 0.25) is 0 Å². The van der Waals surface area contributed by atoms with Crippen molar-refractivity contribution in [2.45, 2.75) is 70.1 Å². The molecule has 5 heteroatoms. The predicted molar refractivity (Wildman–Crippen MR) is 84.9 cm³/mol. The quantitative estimate of drug-likeness (QED) is 0.747. The van der Waals surface area contributed by atoms with Crippen LogP contribution in [-0.4, -0.2) is 65.9 Å². The summed E-state index contributed by atoms with van der Waals surface area (Å²) in [7, 11) is 0. The molecular formula is C17H30N2O3. The van der Waals surface area contributed by atoms with Crippen molar-refractivity contribution in [1.29, 1.82) is 0 Å². The Morgan fingerprint density at radius 3 is 2.36 bits per heavy atom. The van der Waals surface area contributed by atoms with Crippen LogP contribution in [0.25, 0.3) is 0 Å². The van der Waals surface area contributed by atoms with E-state index in [0.29, 0.717) is 6.04 Å². The third-order valence-electron chi connectivity index (χ3n) is 5.17. The average molecular weight is 310 g/mol. The molecule has 0 aliphatic carbocycles. The number of hydrogen-bond donors (Lipinski definition) is 0. The van der Waals surface area contributed by atoms with Gasteiger partial charge in [0.25, 0.3) is 0 Å². The second-order valence-corrected chi connectivity index (χ2v) is 8.06. The summed E-state index contributed by atoms with van der Waals surface area (Å²) in [5, 5.41) is 0. The van der Waals surface area contributed by atoms with E-state index in [1.807, 2.05) is 25.7 Å². The van der Waals surface area contributed by atoms with E-state index in [4.69, 9.17) is 9.47 Å². The minimum Gasteiger partial charge on any atom is -0.444 e. The Hall–Kier alpha value is -0.810. The van der Waals surface area contributed by atoms with Crippen molar-refractivity contribution in [2.24, 2.45) is 0 Å². The number of amides is 1. The zero-order valence-electron chi connectivity index (χ0n) is 14.3. The second-order valence-electron chi connectivity index (χ2n) is 8.06. The van der Waals surface area contributed by atoms with Gasteiger partial charge in [-0.15, -0.1) is 0 Å². The van der Waals surface area contributed by atoms with E-state index in [0.717, 1.165) is 39.0 Å². The molecule has 3 saturated heterocycles. The molecule has 0 bridgehead atoms. The Labute approximate surface area is 133 Å². The lowest BCUT2D eigenvalue weighted by Crippen LogP contribution is -2.48. The van der Waals surface area contributed by atoms with Crippen LogP contribution in [0, 0.1) is 0 Å². The van der Waals surface area contributed by atoms with Crippen molar-refractivity contribution in [2.75, 3.05) is 32.8 Å². The lowest BCUT2D eigenvalue weighted by Gasteiger charge is -2.39. The molecular weight excluding hydrogens is 280 g/mol. The Morgan fingerprint density at radius 2 is 1.77 bits per heavy atom. The summed E-state index contributed by atoms with van der Waals surface area (Å²) in [5.74, 6) is 0. The van der Waals surface area contributed by atoms with Crippen LogP contribution in [0.4, 0.5) is 4.79 Å². The Morgan fingerprint density at radius 1 is 1.14 bits per heavy atom. The van der Waals surface area contributed by atoms with Gasteiger partial charge in [-0.05, 0) is 66.0 Å². The molecule has 3 aliphatic rings. The van der Waals surface area contributed by atoms with E-state index >= 15 is 0 Å². The van der Waals surface area contributed by atoms with E-state index in [1.54, 1.807) is 0 Å². The van der Waals surface area contributed by atoms with Gasteiger partial charge in [-0.25, -0.2) is 4.79 Å². The number of hydrogen-bond acceptors (Lipinski definition) is 4. The van der Waals surface area contributed by atoms with Crippen molar-refractivity contribution >= 4 is 6.09 Å². The molecule has 0 N–H and O–H groups in total. The third kappa shape index (κ3) is 3.57. The predicted octanol–water partition coefficient (Wildman–Crippen LogP) is 2.64. The first-order valence-electron chi connectivity index (χ1n) is 8.73. The smallest absolute Gasteiger partial charge is 0.410 e. The highest BCUT2D eigenvalue weighted by Gasteiger charge is 2.45. The van der Waals surface area contributed by atoms with Gasteiger partial charge in [-0.3, -0.25) is 4.90 Å². The molecule has 1 spiro atoms. The van der Waals surface area contributed by atoms with Crippen LogP contribution >= 0.6 is 0 Å². The summed E-state index contributed by atoms with van der Waals surface area (Å²) in [5.41, 5.74) is -0.414. The van der Waals surface area contributed by atoms with Crippen LogP contribution in [0.15, 0.2) is 0 Å². The Kier molecular flexibility index (Phi) is 4.38. The second kappa shape index (κ2) is 6.00. The SMILES string of the molecule is CC(C)(C)OC(=O)N1CCC2(CC1)C[C@@H](N1CCCC1)CO2. The summed E-state index contributed by atoms with van der Waals surface area (Å²) in [4.78, 5) is 16.6. The molecule has 3 heterocycles. The van der Waals surface area contributed by atoms with Crippen LogP contribution in [0.5, 0.6) is 0 Å². The van der Waals surface area contributed by atoms with Crippen molar-refractivity contribution < 1.29 is 14.3 Å². The zero-order valence-corrected chi connectivity index (χ0v) is 14.3. The zero-order chi connectivity index (χ0) is 15.8. The van der Waals surface area contributed by atoms with Crippen molar-refractivity contribution in [3.63, 3.8) is 0 Å². The number of piperidine rings is 1. The molecule has 1 amide bonds. The van der Waals surface area contributed by atoms with Crippen molar-refractivity contribution in [3.05, 3.63) is 0 Å². The maximum absolute atomic E-state index is 12.1. The summed E-state index contributed by atoms with van der Waals surface area (Å²) < 4.78 is 11.7. The Bertz CT molecular complexity index is 405. The number of likely N-dealkylation sites (tertiary alicyclic amines) is 2. The van der Waals surface area contributed by atoms with Crippen molar-refractivity contribution in [3.8, 4) is 0 Å². The fraction of sp³-hybridized carbons (Fsp3) is 0.941. The molecule has 5 nitrogen and oxygen atoms in total. The number of carbonyl (C=O) groups excluding carboxylic acids is 1. The number of carbonyl (C=O) groups is 1. The highest BCUT2D eigenvalue weighted by atomic mass is 16.6. The third-order valence-corrected chi connectivity index (χ3v) is 5.17. The van der Waals surface area contributed by atoms with Gasteiger partial charge in [-0.2, -0.15) is 0 Å². The fourth-order valence-corrected chi connectivity index (χ4v) is 3.93. The largest absolute Gasteiger partial charge is 0.444 e. The summed E-state index contributed by atoms with van der Waals surface area (Å²) in [6, 6.07) is 0.593. The van der Waals surface area contributed by atoms with Gasteiger partial charge < -0.3 is 14.4 Å². The van der Waals surface area contributed by atoms with Crippen LogP contribution in [-0.2, 0) is 9.47 Å². The molecule has 0 unspecified atom stereocenters. The molecule has 0 radical (unpaired) electrons. The van der Waals surface area contributed by atoms with Crippen molar-refractivity contribution in [1.82, 2.24) is 9.80 Å². The summed E-state index contributed by atoms with van der Waals surface area (Å²) in [6.07, 6.45) is 5.49. The fourth-order valence-electron chi connectivity index (χ4n) is 3.93. The van der Waals surface area contributed by atoms with E-state index in [-0.39, 0.29) is 11.7 Å². The first-order chi connectivity index (χ1) is 10.4. The van der Waals surface area contributed by atoms with Gasteiger partial charge in [0, 0.05) is 19.1 Å². The lowest BCUT2D eigenvalue weighted by molar-refractivity contribution is -0.0488. The first-order valence-corrected chi connectivity index (χ1v) is 8.73. The highest BCUT2D eigenvalue weighted by Crippen LogP contribution is 2.38. The first kappa shape index (κ1) is 16.1.